The highest BCUT2D eigenvalue weighted by Gasteiger charge is 2.32. The van der Waals surface area contributed by atoms with Crippen LogP contribution in [0.2, 0.25) is 0 Å². The normalized spacial score (nSPS) is 14.6. The summed E-state index contributed by atoms with van der Waals surface area (Å²) in [4.78, 5) is 34.9. The Labute approximate surface area is 218 Å². The van der Waals surface area contributed by atoms with Gasteiger partial charge in [0, 0.05) is 12.5 Å². The van der Waals surface area contributed by atoms with Crippen LogP contribution in [0.15, 0.2) is 83.7 Å². The maximum Gasteiger partial charge on any atom is 0.266 e. The third kappa shape index (κ3) is 5.08. The van der Waals surface area contributed by atoms with E-state index in [1.165, 1.54) is 5.56 Å². The Morgan fingerprint density at radius 1 is 0.973 bits per heavy atom. The van der Waals surface area contributed by atoms with Gasteiger partial charge in [0.05, 0.1) is 22.6 Å². The highest BCUT2D eigenvalue weighted by atomic mass is 16.2. The molecule has 0 bridgehead atoms. The van der Waals surface area contributed by atoms with Crippen molar-refractivity contribution in [2.45, 2.75) is 58.4 Å². The highest BCUT2D eigenvalue weighted by Crippen LogP contribution is 2.31. The molecule has 1 aliphatic carbocycles. The molecule has 4 aromatic rings. The smallest absolute Gasteiger partial charge is 0.266 e. The van der Waals surface area contributed by atoms with E-state index >= 15 is 0 Å². The van der Waals surface area contributed by atoms with E-state index in [1.54, 1.807) is 4.57 Å². The second-order valence-electron chi connectivity index (χ2n) is 10.0. The van der Waals surface area contributed by atoms with E-state index in [2.05, 4.69) is 25.1 Å². The Hall–Kier alpha value is -3.73. The molecule has 1 unspecified atom stereocenters. The lowest BCUT2D eigenvalue weighted by molar-refractivity contribution is -0.137. The molecule has 0 radical (unpaired) electrons. The van der Waals surface area contributed by atoms with E-state index in [0.29, 0.717) is 23.3 Å². The molecule has 37 heavy (non-hydrogen) atoms. The molecule has 3 aromatic carbocycles. The van der Waals surface area contributed by atoms with Gasteiger partial charge in [-0.05, 0) is 61.9 Å². The van der Waals surface area contributed by atoms with Crippen LogP contribution in [0, 0.1) is 5.92 Å². The summed E-state index contributed by atoms with van der Waals surface area (Å²) in [6.07, 6.45) is 5.61. The summed E-state index contributed by atoms with van der Waals surface area (Å²) in [6, 6.07) is 25.4. The van der Waals surface area contributed by atoms with Crippen LogP contribution in [0.3, 0.4) is 0 Å². The molecule has 0 aliphatic heterocycles. The second-order valence-corrected chi connectivity index (χ2v) is 10.0. The number of amides is 1. The molecule has 5 nitrogen and oxygen atoms in total. The van der Waals surface area contributed by atoms with Gasteiger partial charge < -0.3 is 4.90 Å². The van der Waals surface area contributed by atoms with Crippen molar-refractivity contribution in [2.75, 3.05) is 6.54 Å². The van der Waals surface area contributed by atoms with Crippen molar-refractivity contribution >= 4 is 16.8 Å². The zero-order chi connectivity index (χ0) is 25.8. The number of nitrogens with zero attached hydrogens (tertiary/aromatic N) is 3. The van der Waals surface area contributed by atoms with Crippen molar-refractivity contribution in [1.82, 2.24) is 14.5 Å². The largest absolute Gasteiger partial charge is 0.332 e. The fourth-order valence-electron chi connectivity index (χ4n) is 5.63. The fraction of sp³-hybridized carbons (Fsp3) is 0.344. The average molecular weight is 494 g/mol. The molecule has 0 N–H and O–H groups in total. The van der Waals surface area contributed by atoms with Gasteiger partial charge in [-0.15, -0.1) is 0 Å². The van der Waals surface area contributed by atoms with Crippen LogP contribution in [-0.4, -0.2) is 26.9 Å². The number of benzene rings is 3. The van der Waals surface area contributed by atoms with E-state index in [0.717, 1.165) is 49.8 Å². The Morgan fingerprint density at radius 3 is 2.41 bits per heavy atom. The van der Waals surface area contributed by atoms with Gasteiger partial charge >= 0.3 is 0 Å². The summed E-state index contributed by atoms with van der Waals surface area (Å²) in [6.45, 7) is 4.70. The first-order chi connectivity index (χ1) is 18.1. The van der Waals surface area contributed by atoms with E-state index in [4.69, 9.17) is 4.98 Å². The Morgan fingerprint density at radius 2 is 1.65 bits per heavy atom. The predicted molar refractivity (Wildman–Crippen MR) is 149 cm³/mol. The first-order valence-corrected chi connectivity index (χ1v) is 13.5. The molecule has 1 saturated carbocycles. The Bertz CT molecular complexity index is 1440. The van der Waals surface area contributed by atoms with Crippen molar-refractivity contribution in [2.24, 2.45) is 5.92 Å². The molecule has 1 atom stereocenters. The van der Waals surface area contributed by atoms with Crippen LogP contribution in [0.25, 0.3) is 16.6 Å². The third-order valence-electron chi connectivity index (χ3n) is 7.73. The summed E-state index contributed by atoms with van der Waals surface area (Å²) >= 11 is 0. The monoisotopic (exact) mass is 493 g/mol. The molecule has 0 spiro atoms. The first kappa shape index (κ1) is 24.9. The maximum atomic E-state index is 14.0. The lowest BCUT2D eigenvalue weighted by atomic mass is 10.0. The van der Waals surface area contributed by atoms with Crippen molar-refractivity contribution in [3.05, 3.63) is 106 Å². The Kier molecular flexibility index (Phi) is 7.50. The van der Waals surface area contributed by atoms with Gasteiger partial charge in [-0.3, -0.25) is 14.2 Å². The van der Waals surface area contributed by atoms with Gasteiger partial charge in [-0.2, -0.15) is 0 Å². The summed E-state index contributed by atoms with van der Waals surface area (Å²) in [7, 11) is 0. The number of aromatic nitrogens is 2. The predicted octanol–water partition coefficient (Wildman–Crippen LogP) is 6.27. The van der Waals surface area contributed by atoms with Crippen LogP contribution in [0.4, 0.5) is 0 Å². The number of aryl methyl sites for hydroxylation is 1. The standard InChI is InChI=1S/C32H35N3O2/c1-3-25-15-9-12-20-29(25)35-30(33-28-19-11-10-18-27(28)32(35)37)23(2)34(31(36)26-16-7-8-17-26)22-21-24-13-5-4-6-14-24/h4-6,9-15,18-20,23,26H,3,7-8,16-17,21-22H2,1-2H3. The molecule has 1 fully saturated rings. The Balaban J connectivity index is 1.64. The molecule has 5 rings (SSSR count). The second kappa shape index (κ2) is 11.1. The number of carbonyl (C=O) groups excluding carboxylic acids is 1. The van der Waals surface area contributed by atoms with Gasteiger partial charge in [0.2, 0.25) is 5.91 Å². The summed E-state index contributed by atoms with van der Waals surface area (Å²) < 4.78 is 1.75. The number of hydrogen-bond acceptors (Lipinski definition) is 3. The number of rotatable bonds is 8. The van der Waals surface area contributed by atoms with Gasteiger partial charge in [-0.1, -0.05) is 80.4 Å². The van der Waals surface area contributed by atoms with Crippen LogP contribution >= 0.6 is 0 Å². The van der Waals surface area contributed by atoms with Crippen molar-refractivity contribution in [3.8, 4) is 5.69 Å². The first-order valence-electron chi connectivity index (χ1n) is 13.5. The minimum atomic E-state index is -0.362. The van der Waals surface area contributed by atoms with E-state index in [-0.39, 0.29) is 23.4 Å². The molecule has 1 heterocycles. The van der Waals surface area contributed by atoms with Gasteiger partial charge in [0.1, 0.15) is 5.82 Å². The van der Waals surface area contributed by atoms with E-state index < -0.39 is 0 Å². The van der Waals surface area contributed by atoms with E-state index in [9.17, 15) is 9.59 Å². The van der Waals surface area contributed by atoms with Crippen molar-refractivity contribution in [1.29, 1.82) is 0 Å². The summed E-state index contributed by atoms with van der Waals surface area (Å²) in [5, 5.41) is 0.585. The lowest BCUT2D eigenvalue weighted by Crippen LogP contribution is -2.41. The van der Waals surface area contributed by atoms with Crippen LogP contribution < -0.4 is 5.56 Å². The molecule has 1 aromatic heterocycles. The van der Waals surface area contributed by atoms with Crippen LogP contribution in [-0.2, 0) is 17.6 Å². The van der Waals surface area contributed by atoms with Crippen molar-refractivity contribution < 1.29 is 4.79 Å². The molecule has 190 valence electrons. The number of carbonyl (C=O) groups is 1. The van der Waals surface area contributed by atoms with Crippen molar-refractivity contribution in [3.63, 3.8) is 0 Å². The summed E-state index contributed by atoms with van der Waals surface area (Å²) in [5.41, 5.74) is 3.68. The third-order valence-corrected chi connectivity index (χ3v) is 7.73. The molecule has 1 amide bonds. The zero-order valence-corrected chi connectivity index (χ0v) is 21.8. The molecular weight excluding hydrogens is 458 g/mol. The quantitative estimate of drug-likeness (QED) is 0.291. The van der Waals surface area contributed by atoms with Gasteiger partial charge in [-0.25, -0.2) is 4.98 Å². The average Bonchev–Trinajstić information content (AvgIpc) is 3.49. The van der Waals surface area contributed by atoms with Gasteiger partial charge in [0.25, 0.3) is 5.56 Å². The molecule has 5 heteroatoms. The number of para-hydroxylation sites is 2. The molecule has 1 aliphatic rings. The molecular formula is C32H35N3O2. The van der Waals surface area contributed by atoms with E-state index in [1.807, 2.05) is 72.5 Å². The minimum Gasteiger partial charge on any atom is -0.332 e. The summed E-state index contributed by atoms with van der Waals surface area (Å²) in [5.74, 6) is 0.837. The highest BCUT2D eigenvalue weighted by molar-refractivity contribution is 5.80. The maximum absolute atomic E-state index is 14.0. The number of hydrogen-bond donors (Lipinski definition) is 0. The molecule has 0 saturated heterocycles. The van der Waals surface area contributed by atoms with Crippen LogP contribution in [0.1, 0.15) is 62.5 Å². The minimum absolute atomic E-state index is 0.0433. The fourth-order valence-corrected chi connectivity index (χ4v) is 5.63. The van der Waals surface area contributed by atoms with Gasteiger partial charge in [0.15, 0.2) is 0 Å². The topological polar surface area (TPSA) is 55.2 Å². The number of fused-ring (bicyclic) bond motifs is 1. The van der Waals surface area contributed by atoms with Crippen LogP contribution in [0.5, 0.6) is 0 Å². The zero-order valence-electron chi connectivity index (χ0n) is 21.8. The SMILES string of the molecule is CCc1ccccc1-n1c(C(C)N(CCc2ccccc2)C(=O)C2CCCC2)nc2ccccc2c1=O. The lowest BCUT2D eigenvalue weighted by Gasteiger charge is -2.33.